The zero-order chi connectivity index (χ0) is 23.1. The average Bonchev–Trinajstić information content (AvgIpc) is 3.23. The van der Waals surface area contributed by atoms with Gasteiger partial charge in [0.1, 0.15) is 5.69 Å². The zero-order valence-electron chi connectivity index (χ0n) is 19.8. The van der Waals surface area contributed by atoms with E-state index in [1.54, 1.807) is 4.68 Å². The first-order valence-corrected chi connectivity index (χ1v) is 11.5. The van der Waals surface area contributed by atoms with Gasteiger partial charge in [0.25, 0.3) is 0 Å². The van der Waals surface area contributed by atoms with Gasteiger partial charge in [0.15, 0.2) is 0 Å². The largest absolute Gasteiger partial charge is 0.394 e. The molecule has 0 unspecified atom stereocenters. The standard InChI is InChI=1S/C24H37N5O3/c1-18-8-5-6-9-21(18)13-27(4)15-23-19(2)12-29(20(3)16-30)24(31)10-7-11-28-14-22(17-32-23)25-26-28/h5-6,8-9,14,19-20,23,30H,7,10-13,15-17H2,1-4H3/t19-,20-,23-/m0/s1. The minimum atomic E-state index is -0.224. The topological polar surface area (TPSA) is 83.7 Å². The van der Waals surface area contributed by atoms with Crippen LogP contribution in [0.2, 0.25) is 0 Å². The van der Waals surface area contributed by atoms with Crippen LogP contribution in [-0.4, -0.2) is 74.7 Å². The van der Waals surface area contributed by atoms with E-state index in [1.807, 2.05) is 18.0 Å². The van der Waals surface area contributed by atoms with Crippen molar-refractivity contribution < 1.29 is 14.6 Å². The van der Waals surface area contributed by atoms with Crippen LogP contribution < -0.4 is 0 Å². The molecule has 1 aromatic carbocycles. The third kappa shape index (κ3) is 6.60. The number of likely N-dealkylation sites (N-methyl/N-ethyl adjacent to an activating group) is 1. The number of aliphatic hydroxyl groups is 1. The molecule has 2 bridgehead atoms. The Hall–Kier alpha value is -2.29. The third-order valence-electron chi connectivity index (χ3n) is 6.24. The quantitative estimate of drug-likeness (QED) is 0.737. The number of aryl methyl sites for hydroxylation is 2. The molecule has 3 atom stereocenters. The number of hydrogen-bond donors (Lipinski definition) is 1. The molecule has 0 fully saturated rings. The normalized spacial score (nSPS) is 21.7. The van der Waals surface area contributed by atoms with Gasteiger partial charge in [-0.2, -0.15) is 0 Å². The Morgan fingerprint density at radius 1 is 1.34 bits per heavy atom. The predicted molar refractivity (Wildman–Crippen MR) is 123 cm³/mol. The van der Waals surface area contributed by atoms with Crippen LogP contribution in [0.25, 0.3) is 0 Å². The lowest BCUT2D eigenvalue weighted by Crippen LogP contribution is -2.47. The monoisotopic (exact) mass is 443 g/mol. The van der Waals surface area contributed by atoms with Crippen molar-refractivity contribution >= 4 is 5.91 Å². The van der Waals surface area contributed by atoms with Gasteiger partial charge in [-0.05, 0) is 38.4 Å². The molecule has 0 radical (unpaired) electrons. The van der Waals surface area contributed by atoms with Crippen molar-refractivity contribution in [2.24, 2.45) is 5.92 Å². The second-order valence-corrected chi connectivity index (χ2v) is 9.10. The summed E-state index contributed by atoms with van der Waals surface area (Å²) in [5, 5.41) is 18.1. The van der Waals surface area contributed by atoms with Crippen LogP contribution in [-0.2, 0) is 29.2 Å². The summed E-state index contributed by atoms with van der Waals surface area (Å²) in [6.45, 7) is 9.21. The van der Waals surface area contributed by atoms with Gasteiger partial charge >= 0.3 is 0 Å². The molecule has 1 amide bonds. The molecule has 32 heavy (non-hydrogen) atoms. The lowest BCUT2D eigenvalue weighted by molar-refractivity contribution is -0.136. The van der Waals surface area contributed by atoms with E-state index in [1.165, 1.54) is 11.1 Å². The van der Waals surface area contributed by atoms with E-state index < -0.39 is 0 Å². The first-order valence-electron chi connectivity index (χ1n) is 11.5. The van der Waals surface area contributed by atoms with Crippen LogP contribution in [0.3, 0.4) is 0 Å². The van der Waals surface area contributed by atoms with E-state index in [0.29, 0.717) is 32.5 Å². The Labute approximate surface area is 191 Å². The molecule has 176 valence electrons. The number of nitrogens with zero attached hydrogens (tertiary/aromatic N) is 5. The van der Waals surface area contributed by atoms with E-state index in [4.69, 9.17) is 4.74 Å². The van der Waals surface area contributed by atoms with Crippen molar-refractivity contribution in [3.05, 3.63) is 47.3 Å². The maximum absolute atomic E-state index is 13.0. The molecule has 8 nitrogen and oxygen atoms in total. The highest BCUT2D eigenvalue weighted by atomic mass is 16.5. The van der Waals surface area contributed by atoms with Crippen LogP contribution >= 0.6 is 0 Å². The highest BCUT2D eigenvalue weighted by Crippen LogP contribution is 2.18. The van der Waals surface area contributed by atoms with Crippen LogP contribution in [0.4, 0.5) is 0 Å². The summed E-state index contributed by atoms with van der Waals surface area (Å²) in [6.07, 6.45) is 2.91. The molecule has 2 aromatic rings. The van der Waals surface area contributed by atoms with Crippen molar-refractivity contribution in [3.63, 3.8) is 0 Å². The first kappa shape index (κ1) is 24.4. The molecule has 3 rings (SSSR count). The third-order valence-corrected chi connectivity index (χ3v) is 6.24. The molecule has 0 spiro atoms. The SMILES string of the molecule is Cc1ccccc1CN(C)C[C@@H]1OCc2cn(nn2)CCCC(=O)N([C@@H](C)CO)C[C@@H]1C. The second kappa shape index (κ2) is 11.5. The van der Waals surface area contributed by atoms with Crippen molar-refractivity contribution in [1.29, 1.82) is 0 Å². The number of benzene rings is 1. The molecular weight excluding hydrogens is 406 g/mol. The van der Waals surface area contributed by atoms with Crippen molar-refractivity contribution in [1.82, 2.24) is 24.8 Å². The second-order valence-electron chi connectivity index (χ2n) is 9.10. The predicted octanol–water partition coefficient (Wildman–Crippen LogP) is 2.24. The number of carbonyl (C=O) groups excluding carboxylic acids is 1. The van der Waals surface area contributed by atoms with Crippen LogP contribution in [0.15, 0.2) is 30.5 Å². The minimum Gasteiger partial charge on any atom is -0.394 e. The fourth-order valence-electron chi connectivity index (χ4n) is 4.14. The molecular formula is C24H37N5O3. The molecule has 8 heteroatoms. The molecule has 2 heterocycles. The number of amides is 1. The molecule has 0 saturated heterocycles. The zero-order valence-corrected chi connectivity index (χ0v) is 19.8. The number of aromatic nitrogens is 3. The molecule has 1 aromatic heterocycles. The van der Waals surface area contributed by atoms with E-state index in [2.05, 4.69) is 60.4 Å². The lowest BCUT2D eigenvalue weighted by Gasteiger charge is -2.35. The lowest BCUT2D eigenvalue weighted by atomic mass is 10.0. The molecule has 0 saturated carbocycles. The summed E-state index contributed by atoms with van der Waals surface area (Å²) in [6, 6.07) is 8.18. The minimum absolute atomic E-state index is 0.0524. The van der Waals surface area contributed by atoms with Crippen LogP contribution in [0, 0.1) is 12.8 Å². The Bertz CT molecular complexity index is 871. The summed E-state index contributed by atoms with van der Waals surface area (Å²) in [5.74, 6) is 0.146. The fourth-order valence-corrected chi connectivity index (χ4v) is 4.14. The number of carbonyl (C=O) groups is 1. The van der Waals surface area contributed by atoms with Crippen molar-refractivity contribution in [2.45, 2.75) is 65.5 Å². The van der Waals surface area contributed by atoms with Gasteiger partial charge in [0.2, 0.25) is 5.91 Å². The number of fused-ring (bicyclic) bond motifs is 2. The average molecular weight is 444 g/mol. The molecule has 1 aliphatic heterocycles. The van der Waals surface area contributed by atoms with Gasteiger partial charge in [-0.1, -0.05) is 36.4 Å². The molecule has 1 aliphatic rings. The van der Waals surface area contributed by atoms with E-state index in [0.717, 1.165) is 18.8 Å². The van der Waals surface area contributed by atoms with Gasteiger partial charge in [-0.15, -0.1) is 5.10 Å². The number of aliphatic hydroxyl groups excluding tert-OH is 1. The summed E-state index contributed by atoms with van der Waals surface area (Å²) in [4.78, 5) is 17.0. The Balaban J connectivity index is 1.77. The van der Waals surface area contributed by atoms with Gasteiger partial charge in [-0.25, -0.2) is 0 Å². The van der Waals surface area contributed by atoms with E-state index >= 15 is 0 Å². The molecule has 0 aliphatic carbocycles. The smallest absolute Gasteiger partial charge is 0.222 e. The van der Waals surface area contributed by atoms with Crippen LogP contribution in [0.5, 0.6) is 0 Å². The molecule has 1 N–H and O–H groups in total. The summed E-state index contributed by atoms with van der Waals surface area (Å²) < 4.78 is 8.11. The first-order chi connectivity index (χ1) is 15.4. The Morgan fingerprint density at radius 3 is 2.88 bits per heavy atom. The van der Waals surface area contributed by atoms with Crippen molar-refractivity contribution in [3.8, 4) is 0 Å². The number of rotatable bonds is 6. The van der Waals surface area contributed by atoms with E-state index in [9.17, 15) is 9.90 Å². The summed E-state index contributed by atoms with van der Waals surface area (Å²) in [7, 11) is 2.10. The summed E-state index contributed by atoms with van der Waals surface area (Å²) in [5.41, 5.74) is 3.37. The van der Waals surface area contributed by atoms with Gasteiger partial charge in [-0.3, -0.25) is 14.4 Å². The van der Waals surface area contributed by atoms with Gasteiger partial charge < -0.3 is 14.7 Å². The number of hydrogen-bond acceptors (Lipinski definition) is 6. The van der Waals surface area contributed by atoms with E-state index in [-0.39, 0.29) is 30.6 Å². The summed E-state index contributed by atoms with van der Waals surface area (Å²) >= 11 is 0. The maximum atomic E-state index is 13.0. The fraction of sp³-hybridized carbons (Fsp3) is 0.625. The Kier molecular flexibility index (Phi) is 8.78. The maximum Gasteiger partial charge on any atom is 0.222 e. The van der Waals surface area contributed by atoms with Gasteiger partial charge in [0, 0.05) is 38.5 Å². The Morgan fingerprint density at radius 2 is 2.12 bits per heavy atom. The highest BCUT2D eigenvalue weighted by molar-refractivity contribution is 5.76. The highest BCUT2D eigenvalue weighted by Gasteiger charge is 2.28. The van der Waals surface area contributed by atoms with Gasteiger partial charge in [0.05, 0.1) is 31.6 Å². The van der Waals surface area contributed by atoms with Crippen LogP contribution in [0.1, 0.15) is 43.5 Å². The van der Waals surface area contributed by atoms with Crippen molar-refractivity contribution in [2.75, 3.05) is 26.7 Å². The number of ether oxygens (including phenoxy) is 1.